The second kappa shape index (κ2) is 13.9. The zero-order valence-electron chi connectivity index (χ0n) is 29.8. The minimum atomic E-state index is -0.567. The molecule has 5 rings (SSSR count). The van der Waals surface area contributed by atoms with Crippen molar-refractivity contribution in [1.82, 2.24) is 29.7 Å². The third-order valence-corrected chi connectivity index (χ3v) is 8.42. The van der Waals surface area contributed by atoms with Crippen LogP contribution in [0.15, 0.2) is 60.9 Å². The third kappa shape index (κ3) is 8.09. The van der Waals surface area contributed by atoms with E-state index in [1.165, 1.54) is 0 Å². The number of likely N-dealkylation sites (tertiary alicyclic amines) is 1. The Morgan fingerprint density at radius 3 is 1.88 bits per heavy atom. The zero-order valence-corrected chi connectivity index (χ0v) is 29.8. The number of carbonyl (C=O) groups is 2. The maximum absolute atomic E-state index is 12.9. The summed E-state index contributed by atoms with van der Waals surface area (Å²) < 4.78 is 11.3. The van der Waals surface area contributed by atoms with Crippen LogP contribution in [0.3, 0.4) is 0 Å². The Bertz CT molecular complexity index is 1580. The van der Waals surface area contributed by atoms with Gasteiger partial charge in [0, 0.05) is 13.1 Å². The number of H-pyrrole nitrogens is 2. The lowest BCUT2D eigenvalue weighted by Crippen LogP contribution is -2.39. The summed E-state index contributed by atoms with van der Waals surface area (Å²) in [5.74, 6) is 1.88. The predicted molar refractivity (Wildman–Crippen MR) is 188 cm³/mol. The maximum Gasteiger partial charge on any atom is 0.410 e. The first-order chi connectivity index (χ1) is 22.7. The van der Waals surface area contributed by atoms with Gasteiger partial charge in [-0.05, 0) is 89.5 Å². The number of imidazole rings is 2. The molecule has 1 saturated heterocycles. The van der Waals surface area contributed by atoms with Crippen molar-refractivity contribution in [1.29, 1.82) is 0 Å². The smallest absolute Gasteiger partial charge is 0.410 e. The first kappa shape index (κ1) is 34.7. The van der Waals surface area contributed by atoms with Crippen LogP contribution < -0.4 is 0 Å². The molecular formula is C38H50N6O4. The standard InChI is InChI=1S/C38H50N6O4/c1-10-31(43(11-2)35(45)47-37(4,5)6)33-39-21-29(41-33)27-16-12-25(13-17-27)26-14-18-28(19-15-26)30-22-40-34(42-30)32-20-24(3)23-44(32)36(46)48-38(7,8)9/h12-19,21-22,24,31-32H,10-11,20,23H2,1-9H3,(H,39,41)(H,40,42). The van der Waals surface area contributed by atoms with Crippen molar-refractivity contribution in [2.24, 2.45) is 5.92 Å². The Balaban J connectivity index is 1.27. The van der Waals surface area contributed by atoms with Crippen LogP contribution in [0.5, 0.6) is 0 Å². The zero-order chi connectivity index (χ0) is 34.8. The molecule has 256 valence electrons. The summed E-state index contributed by atoms with van der Waals surface area (Å²) in [6.45, 7) is 18.6. The molecular weight excluding hydrogens is 604 g/mol. The molecule has 2 amide bonds. The van der Waals surface area contributed by atoms with Gasteiger partial charge in [-0.15, -0.1) is 0 Å². The molecule has 0 aliphatic carbocycles. The molecule has 2 aromatic carbocycles. The van der Waals surface area contributed by atoms with E-state index in [0.717, 1.165) is 51.7 Å². The number of carbonyl (C=O) groups excluding carboxylic acids is 2. The average Bonchev–Trinajstić information content (AvgIpc) is 3.78. The van der Waals surface area contributed by atoms with Gasteiger partial charge in [-0.1, -0.05) is 62.4 Å². The average molecular weight is 655 g/mol. The van der Waals surface area contributed by atoms with Crippen LogP contribution >= 0.6 is 0 Å². The highest BCUT2D eigenvalue weighted by Crippen LogP contribution is 2.36. The minimum Gasteiger partial charge on any atom is -0.444 e. The van der Waals surface area contributed by atoms with Gasteiger partial charge in [0.1, 0.15) is 22.9 Å². The number of hydrogen-bond donors (Lipinski definition) is 2. The second-order valence-corrected chi connectivity index (χ2v) is 14.7. The van der Waals surface area contributed by atoms with E-state index in [-0.39, 0.29) is 24.3 Å². The quantitative estimate of drug-likeness (QED) is 0.196. The van der Waals surface area contributed by atoms with E-state index in [1.54, 1.807) is 9.80 Å². The summed E-state index contributed by atoms with van der Waals surface area (Å²) >= 11 is 0. The van der Waals surface area contributed by atoms with Crippen LogP contribution in [-0.4, -0.2) is 66.2 Å². The molecule has 3 unspecified atom stereocenters. The second-order valence-electron chi connectivity index (χ2n) is 14.7. The molecule has 1 fully saturated rings. The lowest BCUT2D eigenvalue weighted by molar-refractivity contribution is 0.0156. The van der Waals surface area contributed by atoms with Crippen LogP contribution in [0.4, 0.5) is 9.59 Å². The molecule has 0 radical (unpaired) electrons. The normalized spacial score (nSPS) is 17.3. The Labute approximate surface area is 284 Å². The first-order valence-electron chi connectivity index (χ1n) is 17.0. The number of aromatic amines is 2. The molecule has 4 aromatic rings. The Morgan fingerprint density at radius 2 is 1.35 bits per heavy atom. The Kier molecular flexibility index (Phi) is 10.0. The maximum atomic E-state index is 12.9. The van der Waals surface area contributed by atoms with Crippen LogP contribution in [0, 0.1) is 5.92 Å². The number of hydrogen-bond acceptors (Lipinski definition) is 6. The number of ether oxygens (including phenoxy) is 2. The minimum absolute atomic E-state index is 0.143. The summed E-state index contributed by atoms with van der Waals surface area (Å²) in [5, 5.41) is 0. The number of benzene rings is 2. The van der Waals surface area contributed by atoms with E-state index in [4.69, 9.17) is 9.47 Å². The van der Waals surface area contributed by atoms with E-state index in [9.17, 15) is 9.59 Å². The van der Waals surface area contributed by atoms with Crippen molar-refractivity contribution >= 4 is 12.2 Å². The fourth-order valence-corrected chi connectivity index (χ4v) is 6.18. The van der Waals surface area contributed by atoms with E-state index < -0.39 is 11.2 Å². The molecule has 0 spiro atoms. The number of nitrogens with one attached hydrogen (secondary N) is 2. The van der Waals surface area contributed by atoms with Crippen molar-refractivity contribution < 1.29 is 19.1 Å². The monoisotopic (exact) mass is 654 g/mol. The van der Waals surface area contributed by atoms with Crippen LogP contribution in [0.2, 0.25) is 0 Å². The highest BCUT2D eigenvalue weighted by Gasteiger charge is 2.38. The van der Waals surface area contributed by atoms with Crippen molar-refractivity contribution in [3.8, 4) is 33.6 Å². The summed E-state index contributed by atoms with van der Waals surface area (Å²) in [4.78, 5) is 45.6. The van der Waals surface area contributed by atoms with E-state index >= 15 is 0 Å². The topological polar surface area (TPSA) is 116 Å². The summed E-state index contributed by atoms with van der Waals surface area (Å²) in [6, 6.07) is 16.4. The van der Waals surface area contributed by atoms with Gasteiger partial charge < -0.3 is 19.4 Å². The molecule has 48 heavy (non-hydrogen) atoms. The van der Waals surface area contributed by atoms with Gasteiger partial charge in [0.15, 0.2) is 0 Å². The van der Waals surface area contributed by atoms with E-state index in [2.05, 4.69) is 75.4 Å². The highest BCUT2D eigenvalue weighted by molar-refractivity contribution is 5.72. The van der Waals surface area contributed by atoms with Crippen molar-refractivity contribution in [2.45, 2.75) is 98.4 Å². The molecule has 3 atom stereocenters. The highest BCUT2D eigenvalue weighted by atomic mass is 16.6. The Morgan fingerprint density at radius 1 is 0.833 bits per heavy atom. The molecule has 10 nitrogen and oxygen atoms in total. The fraction of sp³-hybridized carbons (Fsp3) is 0.474. The lowest BCUT2D eigenvalue weighted by Gasteiger charge is -2.31. The van der Waals surface area contributed by atoms with Gasteiger partial charge >= 0.3 is 12.2 Å². The third-order valence-electron chi connectivity index (χ3n) is 8.42. The van der Waals surface area contributed by atoms with Crippen molar-refractivity contribution in [2.75, 3.05) is 13.1 Å². The number of rotatable bonds is 8. The van der Waals surface area contributed by atoms with Gasteiger partial charge in [0.2, 0.25) is 0 Å². The molecule has 1 aliphatic heterocycles. The van der Waals surface area contributed by atoms with Gasteiger partial charge in [0.05, 0.1) is 35.9 Å². The molecule has 3 heterocycles. The van der Waals surface area contributed by atoms with E-state index in [1.807, 2.05) is 67.8 Å². The van der Waals surface area contributed by atoms with Gasteiger partial charge in [0.25, 0.3) is 0 Å². The molecule has 0 bridgehead atoms. The lowest BCUT2D eigenvalue weighted by atomic mass is 10.0. The SMILES string of the molecule is CCC(c1ncc(-c2ccc(-c3ccc(-c4cnc(C5CC(C)CN5C(=O)OC(C)(C)C)[nH]4)cc3)cc2)[nH]1)N(CC)C(=O)OC(C)(C)C. The molecule has 0 saturated carbocycles. The van der Waals surface area contributed by atoms with Crippen molar-refractivity contribution in [3.63, 3.8) is 0 Å². The van der Waals surface area contributed by atoms with Crippen LogP contribution in [0.1, 0.15) is 98.9 Å². The molecule has 1 aliphatic rings. The van der Waals surface area contributed by atoms with Crippen LogP contribution in [0.25, 0.3) is 33.6 Å². The molecule has 2 N–H and O–H groups in total. The summed E-state index contributed by atoms with van der Waals surface area (Å²) in [5.41, 5.74) is 4.90. The summed E-state index contributed by atoms with van der Waals surface area (Å²) in [7, 11) is 0. The summed E-state index contributed by atoms with van der Waals surface area (Å²) in [6.07, 6.45) is 4.56. The van der Waals surface area contributed by atoms with Gasteiger partial charge in [-0.2, -0.15) is 0 Å². The number of nitrogens with zero attached hydrogens (tertiary/aromatic N) is 4. The fourth-order valence-electron chi connectivity index (χ4n) is 6.18. The number of amides is 2. The predicted octanol–water partition coefficient (Wildman–Crippen LogP) is 9.16. The first-order valence-corrected chi connectivity index (χ1v) is 17.0. The van der Waals surface area contributed by atoms with Crippen LogP contribution in [-0.2, 0) is 9.47 Å². The van der Waals surface area contributed by atoms with E-state index in [0.29, 0.717) is 25.4 Å². The molecule has 10 heteroatoms. The largest absolute Gasteiger partial charge is 0.444 e. The molecule has 2 aromatic heterocycles. The number of aromatic nitrogens is 4. The van der Waals surface area contributed by atoms with Gasteiger partial charge in [-0.25, -0.2) is 19.6 Å². The van der Waals surface area contributed by atoms with Crippen molar-refractivity contribution in [3.05, 3.63) is 72.6 Å². The Hall–Kier alpha value is -4.60. The van der Waals surface area contributed by atoms with Gasteiger partial charge in [-0.3, -0.25) is 9.80 Å².